The van der Waals surface area contributed by atoms with Crippen molar-refractivity contribution in [3.05, 3.63) is 34.9 Å². The number of benzene rings is 1. The molecule has 1 N–H and O–H groups in total. The SMILES string of the molecule is Cc1cc(C)cc(C(=O)N2CCC(NCC3CC3)CC2)c1.Cl. The van der Waals surface area contributed by atoms with Crippen LogP contribution >= 0.6 is 12.4 Å². The Morgan fingerprint density at radius 3 is 2.23 bits per heavy atom. The van der Waals surface area contributed by atoms with Gasteiger partial charge in [-0.1, -0.05) is 17.2 Å². The topological polar surface area (TPSA) is 32.3 Å². The lowest BCUT2D eigenvalue weighted by Crippen LogP contribution is -2.45. The highest BCUT2D eigenvalue weighted by atomic mass is 35.5. The quantitative estimate of drug-likeness (QED) is 0.922. The lowest BCUT2D eigenvalue weighted by molar-refractivity contribution is 0.0705. The second-order valence-electron chi connectivity index (χ2n) is 6.79. The Morgan fingerprint density at radius 2 is 1.68 bits per heavy atom. The van der Waals surface area contributed by atoms with Gasteiger partial charge in [0.2, 0.25) is 0 Å². The zero-order valence-electron chi connectivity index (χ0n) is 13.6. The Balaban J connectivity index is 0.00000176. The Hall–Kier alpha value is -1.06. The van der Waals surface area contributed by atoms with Gasteiger partial charge in [-0.2, -0.15) is 0 Å². The summed E-state index contributed by atoms with van der Waals surface area (Å²) in [6.45, 7) is 7.05. The largest absolute Gasteiger partial charge is 0.339 e. The molecule has 2 aliphatic rings. The van der Waals surface area contributed by atoms with Gasteiger partial charge in [0.25, 0.3) is 5.91 Å². The van der Waals surface area contributed by atoms with Crippen LogP contribution in [0.2, 0.25) is 0 Å². The summed E-state index contributed by atoms with van der Waals surface area (Å²) in [4.78, 5) is 14.6. The Kier molecular flexibility index (Phi) is 5.87. The Labute approximate surface area is 139 Å². The van der Waals surface area contributed by atoms with Crippen LogP contribution in [0.15, 0.2) is 18.2 Å². The van der Waals surface area contributed by atoms with E-state index in [9.17, 15) is 4.79 Å². The third-order valence-corrected chi connectivity index (χ3v) is 4.64. The van der Waals surface area contributed by atoms with Crippen LogP contribution in [0.1, 0.15) is 47.2 Å². The number of halogens is 1. The van der Waals surface area contributed by atoms with Gasteiger partial charge in [-0.15, -0.1) is 12.4 Å². The Bertz CT molecular complexity index is 500. The zero-order chi connectivity index (χ0) is 14.8. The summed E-state index contributed by atoms with van der Waals surface area (Å²) in [5.41, 5.74) is 3.18. The minimum Gasteiger partial charge on any atom is -0.339 e. The summed E-state index contributed by atoms with van der Waals surface area (Å²) in [7, 11) is 0. The predicted octanol–water partition coefficient (Wildman–Crippen LogP) is 3.33. The van der Waals surface area contributed by atoms with Crippen molar-refractivity contribution in [1.82, 2.24) is 10.2 Å². The van der Waals surface area contributed by atoms with Crippen molar-refractivity contribution in [3.63, 3.8) is 0 Å². The molecule has 3 nitrogen and oxygen atoms in total. The highest BCUT2D eigenvalue weighted by molar-refractivity contribution is 5.94. The number of amides is 1. The first kappa shape index (κ1) is 17.3. The van der Waals surface area contributed by atoms with Crippen molar-refractivity contribution in [2.45, 2.75) is 45.6 Å². The molecule has 22 heavy (non-hydrogen) atoms. The fourth-order valence-corrected chi connectivity index (χ4v) is 3.22. The molecule has 0 unspecified atom stereocenters. The van der Waals surface area contributed by atoms with Gasteiger partial charge in [-0.05, 0) is 64.1 Å². The fraction of sp³-hybridized carbons (Fsp3) is 0.611. The molecule has 1 saturated heterocycles. The summed E-state index contributed by atoms with van der Waals surface area (Å²) in [5.74, 6) is 1.13. The number of nitrogens with one attached hydrogen (secondary N) is 1. The monoisotopic (exact) mass is 322 g/mol. The molecule has 1 heterocycles. The first-order valence-electron chi connectivity index (χ1n) is 8.23. The molecule has 4 heteroatoms. The van der Waals surface area contributed by atoms with E-state index in [2.05, 4.69) is 25.2 Å². The molecular weight excluding hydrogens is 296 g/mol. The number of carbonyl (C=O) groups is 1. The van der Waals surface area contributed by atoms with Gasteiger partial charge in [0.15, 0.2) is 0 Å². The third kappa shape index (κ3) is 4.47. The van der Waals surface area contributed by atoms with Crippen molar-refractivity contribution < 1.29 is 4.79 Å². The van der Waals surface area contributed by atoms with E-state index in [0.29, 0.717) is 6.04 Å². The van der Waals surface area contributed by atoms with Crippen molar-refractivity contribution in [3.8, 4) is 0 Å². The minimum atomic E-state index is 0. The van der Waals surface area contributed by atoms with Gasteiger partial charge in [-0.25, -0.2) is 0 Å². The van der Waals surface area contributed by atoms with Gasteiger partial charge in [0.1, 0.15) is 0 Å². The zero-order valence-corrected chi connectivity index (χ0v) is 14.4. The first-order chi connectivity index (χ1) is 10.1. The van der Waals surface area contributed by atoms with E-state index in [1.165, 1.54) is 30.5 Å². The summed E-state index contributed by atoms with van der Waals surface area (Å²) >= 11 is 0. The van der Waals surface area contributed by atoms with Gasteiger partial charge >= 0.3 is 0 Å². The van der Waals surface area contributed by atoms with Crippen LogP contribution in [-0.2, 0) is 0 Å². The van der Waals surface area contributed by atoms with Crippen molar-refractivity contribution >= 4 is 18.3 Å². The first-order valence-corrected chi connectivity index (χ1v) is 8.23. The maximum Gasteiger partial charge on any atom is 0.253 e. The van der Waals surface area contributed by atoms with Crippen molar-refractivity contribution in [2.75, 3.05) is 19.6 Å². The lowest BCUT2D eigenvalue weighted by atomic mass is 10.0. The summed E-state index contributed by atoms with van der Waals surface area (Å²) in [6.07, 6.45) is 4.97. The predicted molar refractivity (Wildman–Crippen MR) is 92.8 cm³/mol. The van der Waals surface area contributed by atoms with E-state index in [4.69, 9.17) is 0 Å². The molecule has 0 radical (unpaired) electrons. The van der Waals surface area contributed by atoms with E-state index >= 15 is 0 Å². The number of piperidine rings is 1. The standard InChI is InChI=1S/C18H26N2O.ClH/c1-13-9-14(2)11-16(10-13)18(21)20-7-5-17(6-8-20)19-12-15-3-4-15;/h9-11,15,17,19H,3-8,12H2,1-2H3;1H. The van der Waals surface area contributed by atoms with Gasteiger partial charge in [-0.3, -0.25) is 4.79 Å². The maximum absolute atomic E-state index is 12.6. The highest BCUT2D eigenvalue weighted by Crippen LogP contribution is 2.28. The summed E-state index contributed by atoms with van der Waals surface area (Å²) in [5, 5.41) is 3.66. The van der Waals surface area contributed by atoms with Gasteiger partial charge in [0, 0.05) is 24.7 Å². The van der Waals surface area contributed by atoms with Crippen LogP contribution in [0.25, 0.3) is 0 Å². The molecule has 0 aromatic heterocycles. The summed E-state index contributed by atoms with van der Waals surface area (Å²) < 4.78 is 0. The number of rotatable bonds is 4. The minimum absolute atomic E-state index is 0. The second kappa shape index (κ2) is 7.47. The van der Waals surface area contributed by atoms with Crippen LogP contribution in [0.3, 0.4) is 0 Å². The Morgan fingerprint density at radius 1 is 1.09 bits per heavy atom. The van der Waals surface area contributed by atoms with E-state index < -0.39 is 0 Å². The maximum atomic E-state index is 12.6. The van der Waals surface area contributed by atoms with Gasteiger partial charge < -0.3 is 10.2 Å². The number of nitrogens with zero attached hydrogens (tertiary/aromatic N) is 1. The molecule has 1 aromatic rings. The molecule has 1 amide bonds. The molecule has 122 valence electrons. The van der Waals surface area contributed by atoms with Crippen LogP contribution in [0, 0.1) is 19.8 Å². The van der Waals surface area contributed by atoms with Crippen LogP contribution < -0.4 is 5.32 Å². The number of hydrogen-bond acceptors (Lipinski definition) is 2. The van der Waals surface area contributed by atoms with Crippen molar-refractivity contribution in [1.29, 1.82) is 0 Å². The number of likely N-dealkylation sites (tertiary alicyclic amines) is 1. The van der Waals surface area contributed by atoms with E-state index in [0.717, 1.165) is 37.4 Å². The molecule has 1 aliphatic carbocycles. The molecule has 1 saturated carbocycles. The average Bonchev–Trinajstić information content (AvgIpc) is 3.28. The van der Waals surface area contributed by atoms with Crippen LogP contribution in [0.4, 0.5) is 0 Å². The van der Waals surface area contributed by atoms with Gasteiger partial charge in [0.05, 0.1) is 0 Å². The molecule has 3 rings (SSSR count). The van der Waals surface area contributed by atoms with E-state index in [1.807, 2.05) is 17.0 Å². The lowest BCUT2D eigenvalue weighted by Gasteiger charge is -2.32. The molecular formula is C18H27ClN2O. The molecule has 1 aromatic carbocycles. The number of aryl methyl sites for hydroxylation is 2. The fourth-order valence-electron chi connectivity index (χ4n) is 3.22. The number of carbonyl (C=O) groups excluding carboxylic acids is 1. The average molecular weight is 323 g/mol. The second-order valence-corrected chi connectivity index (χ2v) is 6.79. The van der Waals surface area contributed by atoms with E-state index in [-0.39, 0.29) is 18.3 Å². The molecule has 0 spiro atoms. The number of hydrogen-bond donors (Lipinski definition) is 1. The van der Waals surface area contributed by atoms with Crippen LogP contribution in [0.5, 0.6) is 0 Å². The molecule has 1 aliphatic heterocycles. The van der Waals surface area contributed by atoms with E-state index in [1.54, 1.807) is 0 Å². The van der Waals surface area contributed by atoms with Crippen molar-refractivity contribution in [2.24, 2.45) is 5.92 Å². The molecule has 0 bridgehead atoms. The third-order valence-electron chi connectivity index (χ3n) is 4.64. The highest BCUT2D eigenvalue weighted by Gasteiger charge is 2.26. The normalized spacial score (nSPS) is 18.9. The summed E-state index contributed by atoms with van der Waals surface area (Å²) in [6, 6.07) is 6.73. The molecule has 2 fully saturated rings. The van der Waals surface area contributed by atoms with Crippen LogP contribution in [-0.4, -0.2) is 36.5 Å². The molecule has 0 atom stereocenters. The smallest absolute Gasteiger partial charge is 0.253 e.